The van der Waals surface area contributed by atoms with E-state index in [0.29, 0.717) is 0 Å². The summed E-state index contributed by atoms with van der Waals surface area (Å²) in [7, 11) is 1.67. The summed E-state index contributed by atoms with van der Waals surface area (Å²) in [6, 6.07) is 16.2. The van der Waals surface area contributed by atoms with Crippen LogP contribution in [0.3, 0.4) is 0 Å². The lowest BCUT2D eigenvalue weighted by molar-refractivity contribution is -0.139. The van der Waals surface area contributed by atoms with Crippen molar-refractivity contribution in [1.82, 2.24) is 9.97 Å². The molecule has 2 aromatic carbocycles. The molecule has 0 bridgehead atoms. The van der Waals surface area contributed by atoms with Gasteiger partial charge in [0.2, 0.25) is 11.8 Å². The van der Waals surface area contributed by atoms with Crippen molar-refractivity contribution in [2.75, 3.05) is 11.9 Å². The molecule has 0 spiro atoms. The number of benzene rings is 2. The van der Waals surface area contributed by atoms with E-state index in [1.165, 1.54) is 0 Å². The van der Waals surface area contributed by atoms with Crippen molar-refractivity contribution in [3.05, 3.63) is 76.4 Å². The maximum atomic E-state index is 13.3. The minimum atomic E-state index is -4.61. The predicted molar refractivity (Wildman–Crippen MR) is 100 cm³/mol. The van der Waals surface area contributed by atoms with Gasteiger partial charge in [-0.05, 0) is 23.8 Å². The van der Waals surface area contributed by atoms with Gasteiger partial charge in [-0.25, -0.2) is 4.98 Å². The number of anilines is 2. The van der Waals surface area contributed by atoms with Crippen LogP contribution in [-0.4, -0.2) is 17.0 Å². The molecule has 0 unspecified atom stereocenters. The highest BCUT2D eigenvalue weighted by molar-refractivity contribution is 9.10. The molecule has 8 heteroatoms. The fraction of sp³-hybridized carbons (Fsp3) is 0.158. The summed E-state index contributed by atoms with van der Waals surface area (Å²) in [6.07, 6.45) is -3.87. The highest BCUT2D eigenvalue weighted by atomic mass is 79.9. The van der Waals surface area contributed by atoms with Gasteiger partial charge in [-0.3, -0.25) is 0 Å². The van der Waals surface area contributed by atoms with Gasteiger partial charge >= 0.3 is 6.18 Å². The van der Waals surface area contributed by atoms with E-state index in [1.807, 2.05) is 24.3 Å². The first-order chi connectivity index (χ1) is 12.8. The SMILES string of the molecule is CN(c1cccc(Br)c1)c1ncc(C(F)(F)F)c(OCc2ccccc2)n1. The topological polar surface area (TPSA) is 38.2 Å². The Morgan fingerprint density at radius 2 is 1.81 bits per heavy atom. The van der Waals surface area contributed by atoms with Gasteiger partial charge in [0.15, 0.2) is 0 Å². The van der Waals surface area contributed by atoms with Crippen LogP contribution < -0.4 is 9.64 Å². The second kappa shape index (κ2) is 7.96. The van der Waals surface area contributed by atoms with Crippen molar-refractivity contribution in [1.29, 1.82) is 0 Å². The third kappa shape index (κ3) is 4.77. The Morgan fingerprint density at radius 3 is 2.48 bits per heavy atom. The number of alkyl halides is 3. The van der Waals surface area contributed by atoms with Crippen LogP contribution in [0.25, 0.3) is 0 Å². The number of rotatable bonds is 5. The van der Waals surface area contributed by atoms with Gasteiger partial charge in [-0.1, -0.05) is 52.3 Å². The molecule has 27 heavy (non-hydrogen) atoms. The average Bonchev–Trinajstić information content (AvgIpc) is 2.65. The zero-order valence-corrected chi connectivity index (χ0v) is 15.8. The van der Waals surface area contributed by atoms with E-state index in [2.05, 4.69) is 25.9 Å². The van der Waals surface area contributed by atoms with Crippen LogP contribution in [0.1, 0.15) is 11.1 Å². The number of halogens is 4. The van der Waals surface area contributed by atoms with E-state index < -0.39 is 17.6 Å². The molecule has 1 aromatic heterocycles. The first-order valence-electron chi connectivity index (χ1n) is 7.95. The van der Waals surface area contributed by atoms with Crippen molar-refractivity contribution in [3.8, 4) is 5.88 Å². The van der Waals surface area contributed by atoms with E-state index in [-0.39, 0.29) is 12.6 Å². The third-order valence-corrected chi connectivity index (χ3v) is 4.25. The van der Waals surface area contributed by atoms with Gasteiger partial charge in [0, 0.05) is 23.4 Å². The van der Waals surface area contributed by atoms with Gasteiger partial charge in [0.1, 0.15) is 12.2 Å². The Balaban J connectivity index is 1.92. The molecule has 1 heterocycles. The summed E-state index contributed by atoms with van der Waals surface area (Å²) in [5.74, 6) is -0.401. The second-order valence-electron chi connectivity index (χ2n) is 5.70. The summed E-state index contributed by atoms with van der Waals surface area (Å²) in [5.41, 5.74) is 0.453. The van der Waals surface area contributed by atoms with Gasteiger partial charge in [-0.15, -0.1) is 0 Å². The monoisotopic (exact) mass is 437 g/mol. The van der Waals surface area contributed by atoms with Crippen LogP contribution >= 0.6 is 15.9 Å². The fourth-order valence-corrected chi connectivity index (χ4v) is 2.74. The largest absolute Gasteiger partial charge is 0.472 e. The maximum absolute atomic E-state index is 13.3. The number of aromatic nitrogens is 2. The molecule has 0 aliphatic carbocycles. The van der Waals surface area contributed by atoms with Crippen molar-refractivity contribution in [3.63, 3.8) is 0 Å². The quantitative estimate of drug-likeness (QED) is 0.520. The summed E-state index contributed by atoms with van der Waals surface area (Å²) in [5, 5.41) is 0. The molecule has 0 radical (unpaired) electrons. The zero-order chi connectivity index (χ0) is 19.4. The van der Waals surface area contributed by atoms with Crippen LogP contribution in [0.2, 0.25) is 0 Å². The van der Waals surface area contributed by atoms with Crippen LogP contribution in [0, 0.1) is 0 Å². The average molecular weight is 438 g/mol. The summed E-state index contributed by atoms with van der Waals surface area (Å²) in [6.45, 7) is -0.0268. The van der Waals surface area contributed by atoms with E-state index in [1.54, 1.807) is 42.3 Å². The Hall–Kier alpha value is -2.61. The first kappa shape index (κ1) is 19.2. The summed E-state index contributed by atoms with van der Waals surface area (Å²) in [4.78, 5) is 9.47. The van der Waals surface area contributed by atoms with Gasteiger partial charge in [0.05, 0.1) is 0 Å². The van der Waals surface area contributed by atoms with E-state index in [9.17, 15) is 13.2 Å². The lowest BCUT2D eigenvalue weighted by Crippen LogP contribution is -2.17. The molecule has 3 aromatic rings. The molecule has 0 fully saturated rings. The van der Waals surface area contributed by atoms with E-state index >= 15 is 0 Å². The number of hydrogen-bond donors (Lipinski definition) is 0. The molecule has 4 nitrogen and oxygen atoms in total. The van der Waals surface area contributed by atoms with Gasteiger partial charge in [0.25, 0.3) is 0 Å². The van der Waals surface area contributed by atoms with E-state index in [4.69, 9.17) is 4.74 Å². The molecule has 0 amide bonds. The van der Waals surface area contributed by atoms with Crippen molar-refractivity contribution < 1.29 is 17.9 Å². The molecule has 0 aliphatic heterocycles. The Labute approximate surface area is 162 Å². The number of hydrogen-bond acceptors (Lipinski definition) is 4. The van der Waals surface area contributed by atoms with Crippen molar-refractivity contribution in [2.24, 2.45) is 0 Å². The van der Waals surface area contributed by atoms with Crippen LogP contribution in [0.5, 0.6) is 5.88 Å². The zero-order valence-electron chi connectivity index (χ0n) is 14.2. The van der Waals surface area contributed by atoms with Crippen molar-refractivity contribution in [2.45, 2.75) is 12.8 Å². The van der Waals surface area contributed by atoms with Crippen LogP contribution in [-0.2, 0) is 12.8 Å². The fourth-order valence-electron chi connectivity index (χ4n) is 2.35. The maximum Gasteiger partial charge on any atom is 0.423 e. The normalized spacial score (nSPS) is 11.3. The van der Waals surface area contributed by atoms with Gasteiger partial charge in [-0.2, -0.15) is 18.2 Å². The highest BCUT2D eigenvalue weighted by Gasteiger charge is 2.36. The number of ether oxygens (including phenoxy) is 1. The minimum Gasteiger partial charge on any atom is -0.472 e. The minimum absolute atomic E-state index is 0.0268. The molecule has 0 atom stereocenters. The van der Waals surface area contributed by atoms with Gasteiger partial charge < -0.3 is 9.64 Å². The molecule has 0 N–H and O–H groups in total. The molecule has 0 aliphatic rings. The second-order valence-corrected chi connectivity index (χ2v) is 6.62. The standard InChI is InChI=1S/C19H15BrF3N3O/c1-26(15-9-5-8-14(20)10-15)18-24-11-16(19(21,22)23)17(25-18)27-12-13-6-3-2-4-7-13/h2-11H,12H2,1H3. The van der Waals surface area contributed by atoms with Crippen LogP contribution in [0.4, 0.5) is 24.8 Å². The van der Waals surface area contributed by atoms with E-state index in [0.717, 1.165) is 21.9 Å². The summed E-state index contributed by atoms with van der Waals surface area (Å²) < 4.78 is 46.1. The first-order valence-corrected chi connectivity index (χ1v) is 8.74. The molecule has 140 valence electrons. The Bertz CT molecular complexity index is 920. The molecular formula is C19H15BrF3N3O. The lowest BCUT2D eigenvalue weighted by atomic mass is 10.2. The smallest absolute Gasteiger partial charge is 0.423 e. The Kier molecular flexibility index (Phi) is 5.65. The highest BCUT2D eigenvalue weighted by Crippen LogP contribution is 2.36. The van der Waals surface area contributed by atoms with Crippen molar-refractivity contribution >= 4 is 27.6 Å². The molecule has 0 saturated heterocycles. The molecular weight excluding hydrogens is 423 g/mol. The third-order valence-electron chi connectivity index (χ3n) is 3.76. The molecule has 3 rings (SSSR count). The summed E-state index contributed by atoms with van der Waals surface area (Å²) >= 11 is 3.36. The van der Waals surface area contributed by atoms with Crippen LogP contribution in [0.15, 0.2) is 65.3 Å². The Morgan fingerprint density at radius 1 is 1.07 bits per heavy atom. The predicted octanol–water partition coefficient (Wildman–Crippen LogP) is 5.60. The number of nitrogens with zero attached hydrogens (tertiary/aromatic N) is 3. The lowest BCUT2D eigenvalue weighted by Gasteiger charge is -2.20. The molecule has 0 saturated carbocycles.